The lowest BCUT2D eigenvalue weighted by Gasteiger charge is -2.26. The first-order valence-corrected chi connectivity index (χ1v) is 45.9. The number of quaternary nitrogens is 1. The largest absolute Gasteiger partial charge is 0.545 e. The van der Waals surface area contributed by atoms with Gasteiger partial charge in [0.25, 0.3) is 0 Å². The summed E-state index contributed by atoms with van der Waals surface area (Å²) >= 11 is 0. The van der Waals surface area contributed by atoms with E-state index in [9.17, 15) is 19.5 Å². The zero-order chi connectivity index (χ0) is 76.7. The number of unbranched alkanes of at least 4 members (excludes halogenated alkanes) is 55. The van der Waals surface area contributed by atoms with Crippen molar-refractivity contribution in [2.45, 2.75) is 456 Å². The Balaban J connectivity index is 3.93. The Morgan fingerprint density at radius 2 is 0.538 bits per heavy atom. The summed E-state index contributed by atoms with van der Waals surface area (Å²) in [6.07, 6.45) is 119. The summed E-state index contributed by atoms with van der Waals surface area (Å²) in [7, 11) is 5.95. The van der Waals surface area contributed by atoms with E-state index in [-0.39, 0.29) is 32.2 Å². The molecule has 106 heavy (non-hydrogen) atoms. The molecule has 0 bridgehead atoms. The van der Waals surface area contributed by atoms with Gasteiger partial charge in [0.05, 0.1) is 40.3 Å². The number of ether oxygens (including phenoxy) is 4. The molecule has 0 rings (SSSR count). The average Bonchev–Trinajstić information content (AvgIpc) is 0.935. The number of hydrogen-bond acceptors (Lipinski definition) is 8. The van der Waals surface area contributed by atoms with Crippen LogP contribution in [0.15, 0.2) is 97.2 Å². The van der Waals surface area contributed by atoms with Crippen LogP contribution in [0.1, 0.15) is 444 Å². The minimum absolute atomic E-state index is 0.148. The predicted molar refractivity (Wildman–Crippen MR) is 458 cm³/mol. The summed E-state index contributed by atoms with van der Waals surface area (Å²) in [6.45, 7) is 4.70. The number of esters is 2. The molecule has 0 saturated carbocycles. The number of nitrogens with zero attached hydrogens (tertiary/aromatic N) is 1. The van der Waals surface area contributed by atoms with E-state index in [0.717, 1.165) is 83.5 Å². The summed E-state index contributed by atoms with van der Waals surface area (Å²) < 4.78 is 22.9. The van der Waals surface area contributed by atoms with Gasteiger partial charge in [-0.1, -0.05) is 451 Å². The number of aliphatic carboxylic acids is 1. The van der Waals surface area contributed by atoms with E-state index in [1.54, 1.807) is 0 Å². The summed E-state index contributed by atoms with van der Waals surface area (Å²) in [5, 5.41) is 11.9. The second-order valence-electron chi connectivity index (χ2n) is 32.2. The molecule has 0 heterocycles. The topological polar surface area (TPSA) is 111 Å². The number of rotatable bonds is 86. The number of carbonyl (C=O) groups is 3. The van der Waals surface area contributed by atoms with Crippen molar-refractivity contribution in [2.24, 2.45) is 0 Å². The standard InChI is InChI=1S/C97H175NO8/c1-6-8-10-12-14-16-18-20-22-24-26-28-30-32-34-36-38-40-42-44-46-48-50-52-54-56-58-60-62-64-66-68-70-72-74-76-78-80-82-84-86-88-95(100)106-93(92-105-97(96(101)102)103-90-89-98(3,4)5)91-104-94(99)87-85-83-81-79-77-75-73-71-69-67-65-63-61-59-57-55-53-51-49-47-45-43-41-39-37-35-33-31-29-27-25-23-21-19-17-15-13-11-9-7-2/h8,10,14,16,20,22,26,28,32,34,38,40,44,46,50,52,93,97H,6-7,9,11-13,15,17-19,21,23-25,27,29-31,33,35-37,39,41-43,45,47-49,51,53-92H2,1-5H3/b10-8-,16-14-,22-20-,28-26-,34-32-,40-38-,46-44-,52-50-. The molecule has 0 saturated heterocycles. The molecule has 0 aliphatic heterocycles. The lowest BCUT2D eigenvalue weighted by Crippen LogP contribution is -2.44. The maximum atomic E-state index is 13.0. The molecule has 0 aliphatic rings. The third-order valence-electron chi connectivity index (χ3n) is 20.6. The molecule has 0 amide bonds. The van der Waals surface area contributed by atoms with Gasteiger partial charge < -0.3 is 33.3 Å². The maximum Gasteiger partial charge on any atom is 0.306 e. The van der Waals surface area contributed by atoms with E-state index in [2.05, 4.69) is 111 Å². The lowest BCUT2D eigenvalue weighted by atomic mass is 10.0. The van der Waals surface area contributed by atoms with Crippen LogP contribution in [0, 0.1) is 0 Å². The van der Waals surface area contributed by atoms with Crippen molar-refractivity contribution in [3.63, 3.8) is 0 Å². The van der Waals surface area contributed by atoms with Crippen LogP contribution in [0.25, 0.3) is 0 Å². The molecular weight excluding hydrogens is 1310 g/mol. The first kappa shape index (κ1) is 102. The van der Waals surface area contributed by atoms with Crippen LogP contribution >= 0.6 is 0 Å². The van der Waals surface area contributed by atoms with E-state index in [1.807, 2.05) is 21.1 Å². The van der Waals surface area contributed by atoms with Gasteiger partial charge in [-0.05, 0) is 77.0 Å². The van der Waals surface area contributed by atoms with Crippen LogP contribution in [0.4, 0.5) is 0 Å². The van der Waals surface area contributed by atoms with Crippen LogP contribution in [0.2, 0.25) is 0 Å². The number of hydrogen-bond donors (Lipinski definition) is 0. The molecule has 0 aromatic rings. The van der Waals surface area contributed by atoms with Gasteiger partial charge in [0.1, 0.15) is 13.2 Å². The van der Waals surface area contributed by atoms with Crippen molar-refractivity contribution in [1.29, 1.82) is 0 Å². The number of carboxylic acid groups (broad SMARTS) is 1. The third kappa shape index (κ3) is 87.4. The summed E-state index contributed by atoms with van der Waals surface area (Å²) in [4.78, 5) is 37.7. The Kier molecular flexibility index (Phi) is 83.7. The predicted octanol–water partition coefficient (Wildman–Crippen LogP) is 28.9. The Morgan fingerprint density at radius 3 is 0.802 bits per heavy atom. The maximum absolute atomic E-state index is 13.0. The molecule has 0 radical (unpaired) electrons. The van der Waals surface area contributed by atoms with E-state index in [1.165, 1.54) is 327 Å². The van der Waals surface area contributed by atoms with Crippen LogP contribution in [-0.4, -0.2) is 82.3 Å². The SMILES string of the molecule is CC/C=C\C/C=C\C/C=C\C/C=C\C/C=C\C/C=C\C/C=C\C/C=C\CCCCCCCCCCCCCCCCCCC(=O)OC(COC(=O)CCCCCCCCCCCCCCCCCCCCCCCCCCCCCCCCCCCCCCCCCC)COC(OCC[N+](C)(C)C)C(=O)[O-]. The van der Waals surface area contributed by atoms with Crippen molar-refractivity contribution < 1.29 is 42.9 Å². The van der Waals surface area contributed by atoms with E-state index in [0.29, 0.717) is 23.9 Å². The van der Waals surface area contributed by atoms with Gasteiger partial charge >= 0.3 is 11.9 Å². The van der Waals surface area contributed by atoms with Gasteiger partial charge in [-0.2, -0.15) is 0 Å². The monoisotopic (exact) mass is 1480 g/mol. The highest BCUT2D eigenvalue weighted by Gasteiger charge is 2.22. The molecule has 0 aromatic heterocycles. The number of carboxylic acids is 1. The zero-order valence-electron chi connectivity index (χ0n) is 70.8. The highest BCUT2D eigenvalue weighted by atomic mass is 16.7. The summed E-state index contributed by atoms with van der Waals surface area (Å²) in [5.41, 5.74) is 0. The van der Waals surface area contributed by atoms with Crippen LogP contribution in [-0.2, 0) is 33.3 Å². The van der Waals surface area contributed by atoms with Crippen LogP contribution < -0.4 is 5.11 Å². The minimum Gasteiger partial charge on any atom is -0.545 e. The fourth-order valence-electron chi connectivity index (χ4n) is 13.7. The average molecular weight is 1480 g/mol. The second kappa shape index (κ2) is 86.8. The molecular formula is C97H175NO8. The highest BCUT2D eigenvalue weighted by Crippen LogP contribution is 2.21. The van der Waals surface area contributed by atoms with Crippen LogP contribution in [0.3, 0.4) is 0 Å². The smallest absolute Gasteiger partial charge is 0.306 e. The van der Waals surface area contributed by atoms with Gasteiger partial charge in [-0.25, -0.2) is 0 Å². The third-order valence-corrected chi connectivity index (χ3v) is 20.6. The van der Waals surface area contributed by atoms with Crippen LogP contribution in [0.5, 0.6) is 0 Å². The Morgan fingerprint density at radius 1 is 0.292 bits per heavy atom. The number of carbonyl (C=O) groups excluding carboxylic acids is 3. The Labute approximate surface area is 658 Å². The number of allylic oxidation sites excluding steroid dienone is 16. The summed E-state index contributed by atoms with van der Waals surface area (Å²) in [5.74, 6) is -2.26. The van der Waals surface area contributed by atoms with E-state index < -0.39 is 24.3 Å². The van der Waals surface area contributed by atoms with Gasteiger partial charge in [-0.3, -0.25) is 9.59 Å². The lowest BCUT2D eigenvalue weighted by molar-refractivity contribution is -0.870. The summed E-state index contributed by atoms with van der Waals surface area (Å²) in [6, 6.07) is 0. The minimum atomic E-state index is -1.62. The highest BCUT2D eigenvalue weighted by molar-refractivity contribution is 5.70. The second-order valence-corrected chi connectivity index (χ2v) is 32.2. The molecule has 616 valence electrons. The van der Waals surface area contributed by atoms with Crippen molar-refractivity contribution in [3.8, 4) is 0 Å². The molecule has 0 aliphatic carbocycles. The Bertz CT molecular complexity index is 2080. The van der Waals surface area contributed by atoms with Crippen molar-refractivity contribution in [3.05, 3.63) is 97.2 Å². The van der Waals surface area contributed by atoms with E-state index >= 15 is 0 Å². The molecule has 2 atom stereocenters. The molecule has 9 nitrogen and oxygen atoms in total. The number of likely N-dealkylation sites (N-methyl/N-ethyl adjacent to an activating group) is 1. The van der Waals surface area contributed by atoms with Crippen molar-refractivity contribution in [2.75, 3.05) is 47.5 Å². The molecule has 0 fully saturated rings. The molecule has 2 unspecified atom stereocenters. The van der Waals surface area contributed by atoms with Crippen molar-refractivity contribution in [1.82, 2.24) is 0 Å². The van der Waals surface area contributed by atoms with Gasteiger partial charge in [0, 0.05) is 12.8 Å². The zero-order valence-corrected chi connectivity index (χ0v) is 70.8. The fraction of sp³-hybridized carbons (Fsp3) is 0.804. The first-order chi connectivity index (χ1) is 52.1. The molecule has 9 heteroatoms. The quantitative estimate of drug-likeness (QED) is 0.0195. The van der Waals surface area contributed by atoms with Gasteiger partial charge in [-0.15, -0.1) is 0 Å². The normalized spacial score (nSPS) is 13.0. The van der Waals surface area contributed by atoms with E-state index in [4.69, 9.17) is 18.9 Å². The Hall–Kier alpha value is -3.79. The fourth-order valence-corrected chi connectivity index (χ4v) is 13.7. The van der Waals surface area contributed by atoms with Gasteiger partial charge in [0.2, 0.25) is 0 Å². The molecule has 0 spiro atoms. The first-order valence-electron chi connectivity index (χ1n) is 45.9. The molecule has 0 aromatic carbocycles. The molecule has 0 N–H and O–H groups in total. The van der Waals surface area contributed by atoms with Gasteiger partial charge in [0.15, 0.2) is 12.4 Å². The van der Waals surface area contributed by atoms with Crippen molar-refractivity contribution >= 4 is 17.9 Å².